The Labute approximate surface area is 77.6 Å². The van der Waals surface area contributed by atoms with Gasteiger partial charge in [0.15, 0.2) is 4.98 Å². The maximum atomic E-state index is 8.57. The number of nitrogen functional groups attached to an aromatic ring is 1. The lowest BCUT2D eigenvalue weighted by Gasteiger charge is -1.95. The molecule has 1 aromatic carbocycles. The highest BCUT2D eigenvalue weighted by molar-refractivity contribution is 5.73. The summed E-state index contributed by atoms with van der Waals surface area (Å²) in [5.41, 5.74) is 8.48. The van der Waals surface area contributed by atoms with Crippen LogP contribution >= 0.6 is 0 Å². The van der Waals surface area contributed by atoms with E-state index in [0.29, 0.717) is 11.4 Å². The van der Waals surface area contributed by atoms with Crippen molar-refractivity contribution in [1.29, 1.82) is 5.39 Å². The Bertz CT molecular complexity index is 328. The lowest BCUT2D eigenvalue weighted by atomic mass is 10.1. The summed E-state index contributed by atoms with van der Waals surface area (Å²) in [7, 11) is 0. The van der Waals surface area contributed by atoms with Gasteiger partial charge in [-0.3, -0.25) is 0 Å². The van der Waals surface area contributed by atoms with Crippen LogP contribution in [0, 0.1) is 19.2 Å². The van der Waals surface area contributed by atoms with Gasteiger partial charge in [-0.1, -0.05) is 12.1 Å². The summed E-state index contributed by atoms with van der Waals surface area (Å²) in [6.07, 6.45) is 0. The Balaban J connectivity index is 0.00000121. The van der Waals surface area contributed by atoms with Crippen molar-refractivity contribution in [3.8, 4) is 0 Å². The van der Waals surface area contributed by atoms with Crippen LogP contribution < -0.4 is 18.1 Å². The quantitative estimate of drug-likeness (QED) is 0.430. The van der Waals surface area contributed by atoms with Gasteiger partial charge in [-0.2, -0.15) is 0 Å². The SMILES string of the molecule is Cc1ccc(C)c([N+]#N)c1N.[Cl-]. The van der Waals surface area contributed by atoms with Gasteiger partial charge in [-0.25, -0.2) is 0 Å². The highest BCUT2D eigenvalue weighted by Crippen LogP contribution is 2.28. The van der Waals surface area contributed by atoms with E-state index in [2.05, 4.69) is 4.98 Å². The zero-order valence-electron chi connectivity index (χ0n) is 7.00. The Morgan fingerprint density at radius 3 is 2.17 bits per heavy atom. The van der Waals surface area contributed by atoms with Gasteiger partial charge in [0.25, 0.3) is 0 Å². The van der Waals surface area contributed by atoms with E-state index in [-0.39, 0.29) is 12.4 Å². The van der Waals surface area contributed by atoms with Crippen LogP contribution in [0.25, 0.3) is 4.98 Å². The first-order valence-corrected chi connectivity index (χ1v) is 3.37. The van der Waals surface area contributed by atoms with Crippen molar-refractivity contribution in [2.24, 2.45) is 0 Å². The lowest BCUT2D eigenvalue weighted by molar-refractivity contribution is -0.00000264. The van der Waals surface area contributed by atoms with Crippen LogP contribution in [-0.4, -0.2) is 0 Å². The second kappa shape index (κ2) is 3.93. The van der Waals surface area contributed by atoms with Gasteiger partial charge in [0.1, 0.15) is 5.69 Å². The molecule has 0 heterocycles. The van der Waals surface area contributed by atoms with E-state index in [1.807, 2.05) is 26.0 Å². The van der Waals surface area contributed by atoms with Crippen LogP contribution in [0.15, 0.2) is 12.1 Å². The average Bonchev–Trinajstić information content (AvgIpc) is 1.99. The Kier molecular flexibility index (Phi) is 3.52. The predicted octanol–water partition coefficient (Wildman–Crippen LogP) is -0.626. The summed E-state index contributed by atoms with van der Waals surface area (Å²) in [6.45, 7) is 3.73. The number of anilines is 1. The maximum Gasteiger partial charge on any atom is 0.410 e. The maximum absolute atomic E-state index is 8.57. The first-order chi connectivity index (χ1) is 5.16. The number of aryl methyl sites for hydroxylation is 2. The molecule has 0 bridgehead atoms. The van der Waals surface area contributed by atoms with Crippen molar-refractivity contribution in [1.82, 2.24) is 0 Å². The minimum atomic E-state index is 0. The van der Waals surface area contributed by atoms with E-state index in [0.717, 1.165) is 11.1 Å². The van der Waals surface area contributed by atoms with Crippen molar-refractivity contribution in [3.05, 3.63) is 28.2 Å². The third-order valence-electron chi connectivity index (χ3n) is 1.74. The monoisotopic (exact) mass is 183 g/mol. The van der Waals surface area contributed by atoms with Crippen LogP contribution in [0.3, 0.4) is 0 Å². The van der Waals surface area contributed by atoms with Crippen molar-refractivity contribution in [2.45, 2.75) is 13.8 Å². The smallest absolute Gasteiger partial charge is 0.410 e. The molecule has 0 aliphatic heterocycles. The van der Waals surface area contributed by atoms with E-state index in [1.165, 1.54) is 0 Å². The summed E-state index contributed by atoms with van der Waals surface area (Å²) in [6, 6.07) is 3.78. The fraction of sp³-hybridized carbons (Fsp3) is 0.250. The summed E-state index contributed by atoms with van der Waals surface area (Å²) in [5.74, 6) is 0. The van der Waals surface area contributed by atoms with E-state index in [4.69, 9.17) is 11.1 Å². The Morgan fingerprint density at radius 2 is 1.75 bits per heavy atom. The van der Waals surface area contributed by atoms with Gasteiger partial charge in [0, 0.05) is 5.56 Å². The van der Waals surface area contributed by atoms with E-state index in [1.54, 1.807) is 0 Å². The molecule has 64 valence electrons. The van der Waals surface area contributed by atoms with Crippen molar-refractivity contribution < 1.29 is 12.4 Å². The highest BCUT2D eigenvalue weighted by atomic mass is 35.5. The van der Waals surface area contributed by atoms with E-state index in [9.17, 15) is 0 Å². The fourth-order valence-electron chi connectivity index (χ4n) is 0.951. The van der Waals surface area contributed by atoms with Crippen LogP contribution in [-0.2, 0) is 0 Å². The molecule has 1 rings (SSSR count). The van der Waals surface area contributed by atoms with Gasteiger partial charge >= 0.3 is 5.69 Å². The Morgan fingerprint density at radius 1 is 1.25 bits per heavy atom. The number of nitrogens with two attached hydrogens (primary N) is 1. The summed E-state index contributed by atoms with van der Waals surface area (Å²) >= 11 is 0. The van der Waals surface area contributed by atoms with Crippen LogP contribution in [0.4, 0.5) is 11.4 Å². The third-order valence-corrected chi connectivity index (χ3v) is 1.74. The zero-order valence-corrected chi connectivity index (χ0v) is 7.76. The minimum absolute atomic E-state index is 0. The molecule has 4 heteroatoms. The van der Waals surface area contributed by atoms with Gasteiger partial charge in [-0.15, -0.1) is 0 Å². The third kappa shape index (κ3) is 1.66. The molecule has 0 spiro atoms. The van der Waals surface area contributed by atoms with E-state index >= 15 is 0 Å². The normalized spacial score (nSPS) is 8.42. The van der Waals surface area contributed by atoms with Crippen molar-refractivity contribution >= 4 is 11.4 Å². The number of diazo groups is 1. The summed E-state index contributed by atoms with van der Waals surface area (Å²) in [4.78, 5) is 3.11. The molecule has 12 heavy (non-hydrogen) atoms. The Hall–Kier alpha value is -1.27. The molecule has 0 amide bonds. The average molecular weight is 184 g/mol. The first kappa shape index (κ1) is 10.7. The van der Waals surface area contributed by atoms with Crippen LogP contribution in [0.2, 0.25) is 0 Å². The van der Waals surface area contributed by atoms with Gasteiger partial charge < -0.3 is 18.1 Å². The molecule has 2 N–H and O–H groups in total. The van der Waals surface area contributed by atoms with Crippen LogP contribution in [0.1, 0.15) is 11.1 Å². The topological polar surface area (TPSA) is 54.2 Å². The zero-order chi connectivity index (χ0) is 8.43. The second-order valence-corrected chi connectivity index (χ2v) is 2.56. The van der Waals surface area contributed by atoms with Crippen molar-refractivity contribution in [2.75, 3.05) is 5.73 Å². The standard InChI is InChI=1S/C8H10N3.ClH/c1-5-3-4-6(2)8(11-10)7(5)9;/h3-4H,9H2,1-2H3;1H/q+1;/p-1. The molecule has 0 aliphatic rings. The first-order valence-electron chi connectivity index (χ1n) is 3.37. The molecule has 3 nitrogen and oxygen atoms in total. The molecular weight excluding hydrogens is 174 g/mol. The molecule has 0 unspecified atom stereocenters. The van der Waals surface area contributed by atoms with Gasteiger partial charge in [0.2, 0.25) is 5.39 Å². The molecule has 0 fully saturated rings. The number of hydrogen-bond acceptors (Lipinski definition) is 2. The van der Waals surface area contributed by atoms with Crippen LogP contribution in [0.5, 0.6) is 0 Å². The van der Waals surface area contributed by atoms with Gasteiger partial charge in [0.05, 0.1) is 0 Å². The molecule has 0 aliphatic carbocycles. The molecule has 1 aromatic rings. The molecular formula is C8H10ClN3. The van der Waals surface area contributed by atoms with E-state index < -0.39 is 0 Å². The molecule has 0 radical (unpaired) electrons. The molecule has 0 saturated heterocycles. The number of benzene rings is 1. The number of halogens is 1. The summed E-state index contributed by atoms with van der Waals surface area (Å²) in [5, 5.41) is 8.57. The minimum Gasteiger partial charge on any atom is -1.00 e. The number of rotatable bonds is 0. The lowest BCUT2D eigenvalue weighted by Crippen LogP contribution is -3.00. The molecule has 0 aromatic heterocycles. The second-order valence-electron chi connectivity index (χ2n) is 2.56. The molecule has 0 atom stereocenters. The fourth-order valence-corrected chi connectivity index (χ4v) is 0.951. The number of nitrogens with zero attached hydrogens (tertiary/aromatic N) is 2. The predicted molar refractivity (Wildman–Crippen MR) is 45.1 cm³/mol. The highest BCUT2D eigenvalue weighted by Gasteiger charge is 2.15. The molecule has 0 saturated carbocycles. The van der Waals surface area contributed by atoms with Crippen molar-refractivity contribution in [3.63, 3.8) is 0 Å². The summed E-state index contributed by atoms with van der Waals surface area (Å²) < 4.78 is 0. The largest absolute Gasteiger partial charge is 1.00 e. The van der Waals surface area contributed by atoms with Gasteiger partial charge in [-0.05, 0) is 19.4 Å². The number of hydrogen-bond donors (Lipinski definition) is 1.